The summed E-state index contributed by atoms with van der Waals surface area (Å²) in [5.41, 5.74) is 2.40. The molecule has 182 valence electrons. The molecule has 1 aliphatic rings. The second-order valence-electron chi connectivity index (χ2n) is 8.55. The maximum Gasteiger partial charge on any atom is 0.152 e. The Morgan fingerprint density at radius 2 is 1.66 bits per heavy atom. The Bertz CT molecular complexity index is 561. The van der Waals surface area contributed by atoms with E-state index in [0.29, 0.717) is 25.9 Å². The number of aryl methyl sites for hydroxylation is 1. The lowest BCUT2D eigenvalue weighted by Crippen LogP contribution is -2.20. The quantitative estimate of drug-likeness (QED) is 0.0852. The van der Waals surface area contributed by atoms with E-state index in [4.69, 9.17) is 19.6 Å². The summed E-state index contributed by atoms with van der Waals surface area (Å²) in [5, 5.41) is 3.26. The molecule has 2 atom stereocenters. The maximum atomic E-state index is 5.74. The monoisotopic (exact) mass is 464 g/mol. The average molecular weight is 465 g/mol. The molecule has 0 saturated heterocycles. The number of rotatable bonds is 20. The molecule has 2 unspecified atom stereocenters. The van der Waals surface area contributed by atoms with E-state index < -0.39 is 0 Å². The molecule has 1 saturated carbocycles. The summed E-state index contributed by atoms with van der Waals surface area (Å²) >= 11 is 0. The van der Waals surface area contributed by atoms with Gasteiger partial charge in [0.2, 0.25) is 0 Å². The van der Waals surface area contributed by atoms with Gasteiger partial charge in [-0.25, -0.2) is 19.6 Å². The third-order valence-electron chi connectivity index (χ3n) is 6.07. The molecule has 0 bridgehead atoms. The highest BCUT2D eigenvalue weighted by atomic mass is 28.2. The van der Waals surface area contributed by atoms with Crippen LogP contribution in [0.25, 0.3) is 0 Å². The fraction of sp³-hybridized carbons (Fsp3) is 0.760. The summed E-state index contributed by atoms with van der Waals surface area (Å²) in [6, 6.07) is 8.45. The molecule has 1 aliphatic carbocycles. The number of hydrogen-bond acceptors (Lipinski definition) is 6. The largest absolute Gasteiger partial charge is 0.360 e. The second-order valence-corrected chi connectivity index (χ2v) is 9.40. The van der Waals surface area contributed by atoms with Crippen LogP contribution in [-0.2, 0) is 26.0 Å². The molecule has 1 aromatic carbocycles. The molecule has 7 heteroatoms. The van der Waals surface area contributed by atoms with Gasteiger partial charge in [0.1, 0.15) is 9.68 Å². The summed E-state index contributed by atoms with van der Waals surface area (Å²) in [6.45, 7) is 7.21. The van der Waals surface area contributed by atoms with Crippen molar-refractivity contribution in [2.75, 3.05) is 31.8 Å². The topological polar surface area (TPSA) is 61.0 Å². The highest BCUT2D eigenvalue weighted by molar-refractivity contribution is 6.29. The zero-order valence-electron chi connectivity index (χ0n) is 20.2. The third-order valence-corrected chi connectivity index (χ3v) is 6.67. The molecule has 32 heavy (non-hydrogen) atoms. The van der Waals surface area contributed by atoms with Crippen molar-refractivity contribution in [1.29, 1.82) is 0 Å². The van der Waals surface area contributed by atoms with E-state index in [2.05, 4.69) is 48.0 Å². The minimum atomic E-state index is 0.229. The first-order valence-electron chi connectivity index (χ1n) is 12.6. The van der Waals surface area contributed by atoms with Gasteiger partial charge in [-0.3, -0.25) is 0 Å². The van der Waals surface area contributed by atoms with Crippen molar-refractivity contribution < 1.29 is 19.6 Å². The van der Waals surface area contributed by atoms with Crippen molar-refractivity contribution in [3.05, 3.63) is 29.8 Å². The molecule has 2 radical (unpaired) electrons. The number of anilines is 1. The van der Waals surface area contributed by atoms with E-state index in [1.165, 1.54) is 50.5 Å². The minimum Gasteiger partial charge on any atom is -0.360 e. The Kier molecular flexibility index (Phi) is 15.7. The van der Waals surface area contributed by atoms with Crippen LogP contribution >= 0.6 is 0 Å². The smallest absolute Gasteiger partial charge is 0.152 e. The first-order valence-corrected chi connectivity index (χ1v) is 14.1. The van der Waals surface area contributed by atoms with Gasteiger partial charge in [0.25, 0.3) is 0 Å². The van der Waals surface area contributed by atoms with Gasteiger partial charge < -0.3 is 10.3 Å². The lowest BCUT2D eigenvalue weighted by molar-refractivity contribution is -0.326. The number of nitrogens with one attached hydrogen (secondary N) is 2. The number of benzene rings is 1. The second kappa shape index (κ2) is 18.5. The first kappa shape index (κ1) is 27.3. The minimum absolute atomic E-state index is 0.229. The predicted molar refractivity (Wildman–Crippen MR) is 131 cm³/mol. The lowest BCUT2D eigenvalue weighted by atomic mass is 9.98. The molecule has 0 amide bonds. The van der Waals surface area contributed by atoms with Gasteiger partial charge in [-0.15, -0.1) is 0 Å². The van der Waals surface area contributed by atoms with Crippen LogP contribution in [0.5, 0.6) is 0 Å². The first-order chi connectivity index (χ1) is 15.8. The van der Waals surface area contributed by atoms with Crippen LogP contribution in [0.2, 0.25) is 6.55 Å². The summed E-state index contributed by atoms with van der Waals surface area (Å²) in [5.74, 6) is 0.610. The standard InChI is InChI=1S/C25H44N2O4Si/c1-3-22-14-16-24(17-15-22)26-21-30-31-25-13-10-12-23(25)11-6-4-8-19-28-29-20-9-5-7-18-27-32-2/h14-17,23,25-27H,3-13,18-21H2,1-2H3. The molecule has 0 spiro atoms. The van der Waals surface area contributed by atoms with Crippen molar-refractivity contribution >= 4 is 15.4 Å². The summed E-state index contributed by atoms with van der Waals surface area (Å²) in [4.78, 5) is 25.2. The molecule has 0 aliphatic heterocycles. The molecule has 0 aromatic heterocycles. The van der Waals surface area contributed by atoms with Crippen molar-refractivity contribution in [3.63, 3.8) is 0 Å². The predicted octanol–water partition coefficient (Wildman–Crippen LogP) is 5.67. The van der Waals surface area contributed by atoms with Crippen LogP contribution in [0.1, 0.15) is 76.7 Å². The van der Waals surface area contributed by atoms with Crippen molar-refractivity contribution in [3.8, 4) is 0 Å². The van der Waals surface area contributed by atoms with E-state index >= 15 is 0 Å². The molecule has 0 heterocycles. The Morgan fingerprint density at radius 1 is 0.906 bits per heavy atom. The Labute approximate surface area is 197 Å². The van der Waals surface area contributed by atoms with Crippen LogP contribution < -0.4 is 10.3 Å². The Morgan fingerprint density at radius 3 is 2.38 bits per heavy atom. The van der Waals surface area contributed by atoms with Crippen LogP contribution in [0.3, 0.4) is 0 Å². The van der Waals surface area contributed by atoms with Gasteiger partial charge >= 0.3 is 0 Å². The molecular weight excluding hydrogens is 420 g/mol. The Balaban J connectivity index is 1.40. The molecule has 2 rings (SSSR count). The Hall–Kier alpha value is -0.963. The van der Waals surface area contributed by atoms with Crippen molar-refractivity contribution in [1.82, 2.24) is 4.98 Å². The fourth-order valence-electron chi connectivity index (χ4n) is 4.09. The van der Waals surface area contributed by atoms with E-state index in [1.54, 1.807) is 0 Å². The van der Waals surface area contributed by atoms with E-state index in [9.17, 15) is 0 Å². The third kappa shape index (κ3) is 12.3. The van der Waals surface area contributed by atoms with E-state index in [1.807, 2.05) is 0 Å². The van der Waals surface area contributed by atoms with Gasteiger partial charge in [0.05, 0.1) is 19.3 Å². The van der Waals surface area contributed by atoms with E-state index in [-0.39, 0.29) is 6.10 Å². The summed E-state index contributed by atoms with van der Waals surface area (Å²) < 4.78 is 0. The lowest BCUT2D eigenvalue weighted by Gasteiger charge is -2.19. The summed E-state index contributed by atoms with van der Waals surface area (Å²) in [6.07, 6.45) is 13.0. The van der Waals surface area contributed by atoms with Crippen LogP contribution in [-0.4, -0.2) is 42.3 Å². The van der Waals surface area contributed by atoms with Crippen LogP contribution in [0.4, 0.5) is 5.69 Å². The van der Waals surface area contributed by atoms with Crippen LogP contribution in [0.15, 0.2) is 24.3 Å². The molecular formula is C25H44N2O4Si. The zero-order chi connectivity index (χ0) is 22.7. The fourth-order valence-corrected chi connectivity index (χ4v) is 4.52. The number of hydrogen-bond donors (Lipinski definition) is 2. The van der Waals surface area contributed by atoms with Gasteiger partial charge in [-0.1, -0.05) is 44.9 Å². The molecule has 1 fully saturated rings. The van der Waals surface area contributed by atoms with Crippen LogP contribution in [0, 0.1) is 5.92 Å². The molecule has 6 nitrogen and oxygen atoms in total. The van der Waals surface area contributed by atoms with Gasteiger partial charge in [-0.05, 0) is 81.5 Å². The summed E-state index contributed by atoms with van der Waals surface area (Å²) in [7, 11) is 0.841. The maximum absolute atomic E-state index is 5.74. The molecule has 1 aromatic rings. The van der Waals surface area contributed by atoms with Crippen molar-refractivity contribution in [2.45, 2.75) is 90.2 Å². The normalized spacial score (nSPS) is 18.3. The highest BCUT2D eigenvalue weighted by Crippen LogP contribution is 2.32. The van der Waals surface area contributed by atoms with Gasteiger partial charge in [-0.2, -0.15) is 0 Å². The van der Waals surface area contributed by atoms with Crippen molar-refractivity contribution in [2.24, 2.45) is 5.92 Å². The SMILES string of the molecule is CCc1ccc(NCOOC2CCCC2CCCCCOOCCCCCN[Si]C)cc1. The zero-order valence-corrected chi connectivity index (χ0v) is 21.2. The number of unbranched alkanes of at least 4 members (excludes halogenated alkanes) is 4. The van der Waals surface area contributed by atoms with Gasteiger partial charge in [0, 0.05) is 5.69 Å². The van der Waals surface area contributed by atoms with E-state index in [0.717, 1.165) is 47.6 Å². The average Bonchev–Trinajstić information content (AvgIpc) is 3.27. The highest BCUT2D eigenvalue weighted by Gasteiger charge is 2.28. The molecule has 2 N–H and O–H groups in total. The van der Waals surface area contributed by atoms with Gasteiger partial charge in [0.15, 0.2) is 6.73 Å².